The molecule has 2 saturated carbocycles. The zero-order chi connectivity index (χ0) is 40.5. The van der Waals surface area contributed by atoms with Gasteiger partial charge in [-0.15, -0.1) is 0 Å². The first-order chi connectivity index (χ1) is 27.1. The number of rotatable bonds is 18. The van der Waals surface area contributed by atoms with Crippen LogP contribution in [0.25, 0.3) is 4.85 Å². The molecule has 1 aliphatic heterocycles. The second-order valence-corrected chi connectivity index (χ2v) is 15.7. The number of fused-ring (bicyclic) bond motifs is 1. The zero-order valence-corrected chi connectivity index (χ0v) is 33.0. The molecule has 56 heavy (non-hydrogen) atoms. The van der Waals surface area contributed by atoms with Gasteiger partial charge in [0.1, 0.15) is 11.5 Å². The van der Waals surface area contributed by atoms with Crippen LogP contribution in [0.1, 0.15) is 90.4 Å². The van der Waals surface area contributed by atoms with Crippen LogP contribution < -0.4 is 9.47 Å². The summed E-state index contributed by atoms with van der Waals surface area (Å²) in [5.41, 5.74) is -0.141. The molecule has 4 rings (SSSR count). The van der Waals surface area contributed by atoms with Gasteiger partial charge in [0.2, 0.25) is 0 Å². The van der Waals surface area contributed by atoms with Crippen molar-refractivity contribution in [2.75, 3.05) is 26.4 Å². The molecule has 1 aromatic carbocycles. The van der Waals surface area contributed by atoms with Crippen molar-refractivity contribution < 1.29 is 57.2 Å². The molecule has 0 unspecified atom stereocenters. The Kier molecular flexibility index (Phi) is 17.8. The number of hydrogen-bond donors (Lipinski definition) is 0. The van der Waals surface area contributed by atoms with Gasteiger partial charge < -0.3 is 28.4 Å². The lowest BCUT2D eigenvalue weighted by molar-refractivity contribution is -0.152. The van der Waals surface area contributed by atoms with Crippen molar-refractivity contribution >= 4 is 59.3 Å². The summed E-state index contributed by atoms with van der Waals surface area (Å²) in [5, 5.41) is 9.55. The largest absolute Gasteiger partial charge is 0.466 e. The summed E-state index contributed by atoms with van der Waals surface area (Å²) < 4.78 is 32.8. The van der Waals surface area contributed by atoms with E-state index in [1.54, 1.807) is 6.92 Å². The van der Waals surface area contributed by atoms with E-state index in [0.29, 0.717) is 97.5 Å². The summed E-state index contributed by atoms with van der Waals surface area (Å²) in [5.74, 6) is -3.49. The lowest BCUT2D eigenvalue weighted by Gasteiger charge is -2.26. The highest BCUT2D eigenvalue weighted by atomic mass is 32.2. The lowest BCUT2D eigenvalue weighted by atomic mass is 9.82. The van der Waals surface area contributed by atoms with Crippen LogP contribution in [-0.4, -0.2) is 62.2 Å². The topological polar surface area (TPSA) is 186 Å². The minimum Gasteiger partial charge on any atom is -0.466 e. The summed E-state index contributed by atoms with van der Waals surface area (Å²) in [6, 6.07) is 4.95. The highest BCUT2D eigenvalue weighted by Gasteiger charge is 2.36. The fraction of sp³-hybridized carbons (Fsp3) is 0.550. The maximum absolute atomic E-state index is 13.3. The Hall–Kier alpha value is -4.80. The van der Waals surface area contributed by atoms with Crippen LogP contribution >= 0.6 is 23.5 Å². The Bertz CT molecular complexity index is 1730. The Morgan fingerprint density at radius 2 is 1.11 bits per heavy atom. The third-order valence-corrected chi connectivity index (χ3v) is 12.2. The van der Waals surface area contributed by atoms with Crippen molar-refractivity contribution in [3.05, 3.63) is 46.1 Å². The van der Waals surface area contributed by atoms with Crippen molar-refractivity contribution in [2.24, 2.45) is 23.7 Å². The molecule has 2 aliphatic carbocycles. The molecule has 3 aliphatic rings. The minimum atomic E-state index is -0.501. The first kappa shape index (κ1) is 43.9. The molecule has 0 aromatic heterocycles. The van der Waals surface area contributed by atoms with E-state index in [1.807, 2.05) is 6.07 Å². The normalized spacial score (nSPS) is 20.8. The van der Waals surface area contributed by atoms with Gasteiger partial charge >= 0.3 is 35.8 Å². The monoisotopic (exact) mass is 810 g/mol. The summed E-state index contributed by atoms with van der Waals surface area (Å²) in [6.07, 6.45) is 7.23. The average Bonchev–Trinajstić information content (AvgIpc) is 3.67. The second kappa shape index (κ2) is 22.7. The predicted molar refractivity (Wildman–Crippen MR) is 202 cm³/mol. The van der Waals surface area contributed by atoms with Gasteiger partial charge in [0, 0.05) is 12.5 Å². The van der Waals surface area contributed by atoms with E-state index in [9.17, 15) is 34.0 Å². The third kappa shape index (κ3) is 12.9. The first-order valence-electron chi connectivity index (χ1n) is 18.8. The number of thioether (sulfide) groups is 2. The van der Waals surface area contributed by atoms with Crippen LogP contribution in [0.3, 0.4) is 0 Å². The Morgan fingerprint density at radius 1 is 0.714 bits per heavy atom. The average molecular weight is 811 g/mol. The van der Waals surface area contributed by atoms with Crippen LogP contribution in [0.4, 0.5) is 0 Å². The minimum absolute atomic E-state index is 0.141. The summed E-state index contributed by atoms with van der Waals surface area (Å²) in [7, 11) is 0. The van der Waals surface area contributed by atoms with E-state index < -0.39 is 29.7 Å². The molecule has 2 fully saturated rings. The fourth-order valence-corrected chi connectivity index (χ4v) is 8.79. The van der Waals surface area contributed by atoms with Gasteiger partial charge in [-0.3, -0.25) is 24.0 Å². The third-order valence-electron chi connectivity index (χ3n) is 9.58. The predicted octanol–water partition coefficient (Wildman–Crippen LogP) is 7.25. The number of carbonyl (C=O) groups excluding carboxylic acids is 6. The van der Waals surface area contributed by atoms with Crippen LogP contribution in [-0.2, 0) is 47.7 Å². The number of esters is 6. The molecule has 16 heteroatoms. The molecule has 0 radical (unpaired) electrons. The summed E-state index contributed by atoms with van der Waals surface area (Å²) in [4.78, 5) is 78.4. The van der Waals surface area contributed by atoms with Crippen molar-refractivity contribution in [1.29, 1.82) is 5.26 Å². The van der Waals surface area contributed by atoms with E-state index in [1.165, 1.54) is 12.1 Å². The van der Waals surface area contributed by atoms with Crippen LogP contribution in [0, 0.1) is 41.6 Å². The number of benzene rings is 1. The van der Waals surface area contributed by atoms with Gasteiger partial charge in [-0.25, -0.2) is 14.9 Å². The van der Waals surface area contributed by atoms with Gasteiger partial charge in [0.05, 0.1) is 76.8 Å². The molecular weight excluding hydrogens is 765 g/mol. The Balaban J connectivity index is 1.28. The lowest BCUT2D eigenvalue weighted by Crippen LogP contribution is -2.30. The maximum atomic E-state index is 13.3. The van der Waals surface area contributed by atoms with Crippen molar-refractivity contribution in [1.82, 2.24) is 0 Å². The summed E-state index contributed by atoms with van der Waals surface area (Å²) >= 11 is 2.19. The van der Waals surface area contributed by atoms with Gasteiger partial charge in [0.25, 0.3) is 5.70 Å². The number of ether oxygens (including phenoxy) is 6. The molecule has 14 nitrogen and oxygen atoms in total. The standard InChI is InChI=1S/C40H46N2O12S2/c1-4-32(43)49-20-6-8-22-51-36(45)25-10-14-27(15-11-25)38(47)53-30-18-19-31(35-34(30)55-40(56-35)29(24-41)42-3)54-39(48)28-16-12-26(13-17-28)37(46)52-23-9-7-21-50-33(44)5-2/h4,18-19,25-28H,1,5-17,20-23H2,2H3/b40-29-. The molecule has 1 heterocycles. The SMILES string of the molecule is [C-]#[N+]/C(C#N)=C1/Sc2c(OC(=O)C3CCC(C(=O)OCCCCOC(=O)C=C)CC3)ccc(OC(=O)C3CCC(C(=O)OCCCCOC(=O)CC)CC3)c2S1. The molecular formula is C40H46N2O12S2. The maximum Gasteiger partial charge on any atom is 0.330 e. The zero-order valence-electron chi connectivity index (χ0n) is 31.4. The van der Waals surface area contributed by atoms with E-state index in [2.05, 4.69) is 11.4 Å². The molecule has 0 bridgehead atoms. The molecule has 300 valence electrons. The molecule has 1 aromatic rings. The van der Waals surface area contributed by atoms with Gasteiger partial charge in [-0.05, 0) is 89.2 Å². The van der Waals surface area contributed by atoms with E-state index in [-0.39, 0.29) is 73.4 Å². The summed E-state index contributed by atoms with van der Waals surface area (Å²) in [6.45, 7) is 13.4. The van der Waals surface area contributed by atoms with Gasteiger partial charge in [0.15, 0.2) is 0 Å². The molecule has 0 N–H and O–H groups in total. The Morgan fingerprint density at radius 3 is 1.48 bits per heavy atom. The number of hydrogen-bond acceptors (Lipinski definition) is 15. The number of allylic oxidation sites excluding steroid dienone is 1. The second-order valence-electron chi connectivity index (χ2n) is 13.4. The number of carbonyl (C=O) groups is 6. The Labute approximate surface area is 334 Å². The van der Waals surface area contributed by atoms with Crippen LogP contribution in [0.2, 0.25) is 0 Å². The van der Waals surface area contributed by atoms with Gasteiger partial charge in [-0.1, -0.05) is 37.0 Å². The number of nitriles is 1. The number of nitrogens with zero attached hydrogens (tertiary/aromatic N) is 2. The van der Waals surface area contributed by atoms with Crippen molar-refractivity contribution in [3.63, 3.8) is 0 Å². The fourth-order valence-electron chi connectivity index (χ4n) is 6.32. The molecule has 0 spiro atoms. The van der Waals surface area contributed by atoms with E-state index in [4.69, 9.17) is 35.0 Å². The van der Waals surface area contributed by atoms with Crippen molar-refractivity contribution in [2.45, 2.75) is 100 Å². The van der Waals surface area contributed by atoms with Crippen LogP contribution in [0.15, 0.2) is 44.5 Å². The van der Waals surface area contributed by atoms with E-state index >= 15 is 0 Å². The quantitative estimate of drug-likeness (QED) is 0.0274. The van der Waals surface area contributed by atoms with Crippen molar-refractivity contribution in [3.8, 4) is 17.6 Å². The molecule has 0 atom stereocenters. The highest BCUT2D eigenvalue weighted by Crippen LogP contribution is 2.59. The molecule has 0 amide bonds. The van der Waals surface area contributed by atoms with E-state index in [0.717, 1.165) is 29.6 Å². The molecule has 0 saturated heterocycles. The highest BCUT2D eigenvalue weighted by molar-refractivity contribution is 8.24. The van der Waals surface area contributed by atoms with Gasteiger partial charge in [-0.2, -0.15) is 0 Å². The van der Waals surface area contributed by atoms with Crippen LogP contribution in [0.5, 0.6) is 11.5 Å². The number of unbranched alkanes of at least 4 members (excludes halogenated alkanes) is 2. The smallest absolute Gasteiger partial charge is 0.330 e. The first-order valence-corrected chi connectivity index (χ1v) is 20.5.